The summed E-state index contributed by atoms with van der Waals surface area (Å²) in [5, 5.41) is 0. The standard InChI is InChI=1S/C11H21NO/c1-9(2)7-12-6-4-5-11(8-12)10(3)13/h9,11H,4-8H2,1-3H3/t11-/m0/s1. The van der Waals surface area contributed by atoms with Gasteiger partial charge in [0, 0.05) is 19.0 Å². The normalized spacial score (nSPS) is 25.1. The van der Waals surface area contributed by atoms with Crippen molar-refractivity contribution in [1.29, 1.82) is 0 Å². The number of likely N-dealkylation sites (tertiary alicyclic amines) is 1. The molecule has 1 aliphatic rings. The zero-order valence-electron chi connectivity index (χ0n) is 9.05. The lowest BCUT2D eigenvalue weighted by atomic mass is 9.94. The molecule has 0 aromatic carbocycles. The molecule has 0 radical (unpaired) electrons. The molecule has 1 aliphatic heterocycles. The van der Waals surface area contributed by atoms with Crippen LogP contribution in [0.5, 0.6) is 0 Å². The second-order valence-corrected chi connectivity index (χ2v) is 4.60. The molecule has 0 unspecified atom stereocenters. The van der Waals surface area contributed by atoms with Crippen molar-refractivity contribution < 1.29 is 4.79 Å². The second-order valence-electron chi connectivity index (χ2n) is 4.60. The van der Waals surface area contributed by atoms with Crippen molar-refractivity contribution in [2.75, 3.05) is 19.6 Å². The fourth-order valence-corrected chi connectivity index (χ4v) is 2.07. The minimum absolute atomic E-state index is 0.312. The van der Waals surface area contributed by atoms with Crippen LogP contribution < -0.4 is 0 Å². The molecule has 76 valence electrons. The summed E-state index contributed by atoms with van der Waals surface area (Å²) < 4.78 is 0. The highest BCUT2D eigenvalue weighted by Crippen LogP contribution is 2.17. The third-order valence-electron chi connectivity index (χ3n) is 2.70. The third-order valence-corrected chi connectivity index (χ3v) is 2.70. The summed E-state index contributed by atoms with van der Waals surface area (Å²) in [4.78, 5) is 13.6. The number of Topliss-reactive ketones (excluding diaryl/α,β-unsaturated/α-hetero) is 1. The maximum Gasteiger partial charge on any atom is 0.134 e. The molecule has 0 aliphatic carbocycles. The molecule has 0 spiro atoms. The Bertz CT molecular complexity index is 177. The number of hydrogen-bond acceptors (Lipinski definition) is 2. The van der Waals surface area contributed by atoms with Crippen molar-refractivity contribution in [3.05, 3.63) is 0 Å². The number of carbonyl (C=O) groups excluding carboxylic acids is 1. The summed E-state index contributed by atoms with van der Waals surface area (Å²) >= 11 is 0. The summed E-state index contributed by atoms with van der Waals surface area (Å²) in [5.74, 6) is 1.40. The van der Waals surface area contributed by atoms with E-state index in [2.05, 4.69) is 18.7 Å². The Morgan fingerprint density at radius 3 is 2.77 bits per heavy atom. The molecule has 0 saturated carbocycles. The topological polar surface area (TPSA) is 20.3 Å². The predicted molar refractivity (Wildman–Crippen MR) is 54.7 cm³/mol. The van der Waals surface area contributed by atoms with E-state index in [0.29, 0.717) is 17.6 Å². The van der Waals surface area contributed by atoms with Crippen molar-refractivity contribution >= 4 is 5.78 Å². The summed E-state index contributed by atoms with van der Waals surface area (Å²) in [6.07, 6.45) is 2.29. The fourth-order valence-electron chi connectivity index (χ4n) is 2.07. The molecule has 0 bridgehead atoms. The summed E-state index contributed by atoms with van der Waals surface area (Å²) in [5.41, 5.74) is 0. The van der Waals surface area contributed by atoms with Gasteiger partial charge in [0.15, 0.2) is 0 Å². The van der Waals surface area contributed by atoms with Crippen LogP contribution in [-0.2, 0) is 4.79 Å². The molecule has 1 saturated heterocycles. The molecule has 0 amide bonds. The molecule has 0 aromatic rings. The van der Waals surface area contributed by atoms with Gasteiger partial charge in [0.1, 0.15) is 5.78 Å². The highest BCUT2D eigenvalue weighted by Gasteiger charge is 2.22. The van der Waals surface area contributed by atoms with Gasteiger partial charge in [-0.15, -0.1) is 0 Å². The molecule has 1 heterocycles. The SMILES string of the molecule is CC(=O)[C@H]1CCCN(CC(C)C)C1. The van der Waals surface area contributed by atoms with E-state index in [0.717, 1.165) is 19.5 Å². The minimum Gasteiger partial charge on any atom is -0.302 e. The van der Waals surface area contributed by atoms with Crippen LogP contribution in [0.2, 0.25) is 0 Å². The number of carbonyl (C=O) groups is 1. The second kappa shape index (κ2) is 4.75. The first kappa shape index (κ1) is 10.7. The van der Waals surface area contributed by atoms with Crippen molar-refractivity contribution in [2.45, 2.75) is 33.6 Å². The number of ketones is 1. The van der Waals surface area contributed by atoms with E-state index in [4.69, 9.17) is 0 Å². The first-order chi connectivity index (χ1) is 6.09. The number of nitrogens with zero attached hydrogens (tertiary/aromatic N) is 1. The average Bonchev–Trinajstić information content (AvgIpc) is 2.03. The molecule has 0 aromatic heterocycles. The van der Waals surface area contributed by atoms with E-state index < -0.39 is 0 Å². The van der Waals surface area contributed by atoms with E-state index in [1.165, 1.54) is 13.0 Å². The number of hydrogen-bond donors (Lipinski definition) is 0. The van der Waals surface area contributed by atoms with Crippen LogP contribution in [-0.4, -0.2) is 30.3 Å². The van der Waals surface area contributed by atoms with Crippen molar-refractivity contribution in [3.8, 4) is 0 Å². The summed E-state index contributed by atoms with van der Waals surface area (Å²) in [6, 6.07) is 0. The summed E-state index contributed by atoms with van der Waals surface area (Å²) in [7, 11) is 0. The predicted octanol–water partition coefficient (Wildman–Crippen LogP) is 1.94. The quantitative estimate of drug-likeness (QED) is 0.666. The van der Waals surface area contributed by atoms with Gasteiger partial charge in [0.2, 0.25) is 0 Å². The first-order valence-corrected chi connectivity index (χ1v) is 5.32. The first-order valence-electron chi connectivity index (χ1n) is 5.32. The molecule has 13 heavy (non-hydrogen) atoms. The van der Waals surface area contributed by atoms with Gasteiger partial charge in [-0.25, -0.2) is 0 Å². The average molecular weight is 183 g/mol. The lowest BCUT2D eigenvalue weighted by molar-refractivity contribution is -0.122. The zero-order chi connectivity index (χ0) is 9.84. The molecular formula is C11H21NO. The van der Waals surface area contributed by atoms with Crippen LogP contribution in [0.3, 0.4) is 0 Å². The molecule has 1 atom stereocenters. The van der Waals surface area contributed by atoms with Crippen LogP contribution in [0.15, 0.2) is 0 Å². The van der Waals surface area contributed by atoms with Crippen LogP contribution in [0, 0.1) is 11.8 Å². The highest BCUT2D eigenvalue weighted by molar-refractivity contribution is 5.78. The summed E-state index contributed by atoms with van der Waals surface area (Å²) in [6.45, 7) is 9.51. The Labute approximate surface area is 81.3 Å². The van der Waals surface area contributed by atoms with Crippen LogP contribution in [0.4, 0.5) is 0 Å². The van der Waals surface area contributed by atoms with E-state index in [1.54, 1.807) is 6.92 Å². The Morgan fingerprint density at radius 2 is 2.23 bits per heavy atom. The van der Waals surface area contributed by atoms with Crippen molar-refractivity contribution in [3.63, 3.8) is 0 Å². The Morgan fingerprint density at radius 1 is 1.54 bits per heavy atom. The maximum absolute atomic E-state index is 11.2. The molecule has 1 fully saturated rings. The van der Waals surface area contributed by atoms with Gasteiger partial charge in [0.05, 0.1) is 0 Å². The highest BCUT2D eigenvalue weighted by atomic mass is 16.1. The van der Waals surface area contributed by atoms with Crippen LogP contribution in [0.25, 0.3) is 0 Å². The van der Waals surface area contributed by atoms with E-state index in [1.807, 2.05) is 0 Å². The Hall–Kier alpha value is -0.370. The lowest BCUT2D eigenvalue weighted by Crippen LogP contribution is -2.39. The number of piperidine rings is 1. The smallest absolute Gasteiger partial charge is 0.134 e. The monoisotopic (exact) mass is 183 g/mol. The Balaban J connectivity index is 2.37. The molecule has 2 heteroatoms. The third kappa shape index (κ3) is 3.47. The lowest BCUT2D eigenvalue weighted by Gasteiger charge is -2.32. The van der Waals surface area contributed by atoms with Gasteiger partial charge >= 0.3 is 0 Å². The minimum atomic E-state index is 0.312. The molecule has 1 rings (SSSR count). The molecular weight excluding hydrogens is 162 g/mol. The van der Waals surface area contributed by atoms with E-state index in [-0.39, 0.29) is 0 Å². The van der Waals surface area contributed by atoms with Gasteiger partial charge in [-0.2, -0.15) is 0 Å². The Kier molecular flexibility index (Phi) is 3.91. The van der Waals surface area contributed by atoms with Gasteiger partial charge < -0.3 is 4.90 Å². The van der Waals surface area contributed by atoms with Gasteiger partial charge in [0.25, 0.3) is 0 Å². The van der Waals surface area contributed by atoms with E-state index >= 15 is 0 Å². The zero-order valence-corrected chi connectivity index (χ0v) is 9.05. The largest absolute Gasteiger partial charge is 0.302 e. The van der Waals surface area contributed by atoms with E-state index in [9.17, 15) is 4.79 Å². The van der Waals surface area contributed by atoms with Crippen LogP contribution in [0.1, 0.15) is 33.6 Å². The molecule has 0 N–H and O–H groups in total. The fraction of sp³-hybridized carbons (Fsp3) is 0.909. The van der Waals surface area contributed by atoms with Gasteiger partial charge in [-0.1, -0.05) is 13.8 Å². The van der Waals surface area contributed by atoms with Gasteiger partial charge in [-0.05, 0) is 32.2 Å². The van der Waals surface area contributed by atoms with Crippen molar-refractivity contribution in [2.24, 2.45) is 11.8 Å². The van der Waals surface area contributed by atoms with Gasteiger partial charge in [-0.3, -0.25) is 4.79 Å². The number of rotatable bonds is 3. The van der Waals surface area contributed by atoms with Crippen molar-refractivity contribution in [1.82, 2.24) is 4.90 Å². The van der Waals surface area contributed by atoms with Crippen LogP contribution >= 0.6 is 0 Å². The molecule has 2 nitrogen and oxygen atoms in total. The maximum atomic E-state index is 11.2.